The maximum atomic E-state index is 11.7. The predicted molar refractivity (Wildman–Crippen MR) is 46.5 cm³/mol. The van der Waals surface area contributed by atoms with E-state index in [9.17, 15) is 19.4 Å². The highest BCUT2D eigenvalue weighted by Gasteiger charge is 2.62. The molecule has 1 rings (SSSR count). The van der Waals surface area contributed by atoms with Crippen molar-refractivity contribution < 1.29 is 19.4 Å². The molecule has 0 atom stereocenters. The minimum Gasteiger partial charge on any atom is -0.0873 e. The van der Waals surface area contributed by atoms with E-state index >= 15 is 0 Å². The summed E-state index contributed by atoms with van der Waals surface area (Å²) in [5.74, 6) is 1.39. The van der Waals surface area contributed by atoms with Gasteiger partial charge in [0.1, 0.15) is 0 Å². The van der Waals surface area contributed by atoms with E-state index < -0.39 is 10.2 Å². The van der Waals surface area contributed by atoms with Crippen molar-refractivity contribution in [3.8, 4) is 11.2 Å². The van der Waals surface area contributed by atoms with Crippen molar-refractivity contribution in [1.82, 2.24) is 0 Å². The molecule has 0 heterocycles. The van der Waals surface area contributed by atoms with E-state index in [2.05, 4.69) is 0 Å². The van der Waals surface area contributed by atoms with E-state index in [1.807, 2.05) is 0 Å². The second-order valence-electron chi connectivity index (χ2n) is 2.56. The van der Waals surface area contributed by atoms with Crippen molar-refractivity contribution in [2.75, 3.05) is 0 Å². The van der Waals surface area contributed by atoms with Gasteiger partial charge in [0, 0.05) is 5.56 Å². The van der Waals surface area contributed by atoms with E-state index in [0.717, 1.165) is 0 Å². The molecule has 0 N–H and O–H groups in total. The Balaban J connectivity index is 3.09. The summed E-state index contributed by atoms with van der Waals surface area (Å²) in [6.07, 6.45) is 0. The molecule has 0 spiro atoms. The molecule has 0 aliphatic heterocycles. The molecule has 0 saturated carbocycles. The van der Waals surface area contributed by atoms with Crippen LogP contribution < -0.4 is 0 Å². The first-order valence-electron chi connectivity index (χ1n) is 3.39. The van der Waals surface area contributed by atoms with Crippen LogP contribution in [0.5, 0.6) is 0 Å². The first-order chi connectivity index (χ1) is 6.05. The molecule has 0 aliphatic rings. The van der Waals surface area contributed by atoms with Gasteiger partial charge in [-0.3, -0.25) is 0 Å². The van der Waals surface area contributed by atoms with Crippen LogP contribution in [-0.2, 0) is 0 Å². The highest BCUT2D eigenvalue weighted by Crippen LogP contribution is 2.97. The molecule has 6 heteroatoms. The minimum absolute atomic E-state index is 0.0965. The second kappa shape index (κ2) is 2.42. The molecular formula is C8H5F5S. The fourth-order valence-electron chi connectivity index (χ4n) is 0.677. The highest BCUT2D eigenvalue weighted by molar-refractivity contribution is 8.49. The molecule has 1 aromatic rings. The number of benzene rings is 1. The van der Waals surface area contributed by atoms with Crippen LogP contribution in [0.25, 0.3) is 0 Å². The molecule has 0 saturated heterocycles. The Labute approximate surface area is 77.5 Å². The average Bonchev–Trinajstić information content (AvgIpc) is 2.00. The quantitative estimate of drug-likeness (QED) is 0.459. The summed E-state index contributed by atoms with van der Waals surface area (Å²) in [5.41, 5.74) is -0.0965. The Morgan fingerprint density at radius 1 is 0.857 bits per heavy atom. The Morgan fingerprint density at radius 3 is 1.79 bits per heavy atom. The fourth-order valence-corrected chi connectivity index (χ4v) is 0.988. The van der Waals surface area contributed by atoms with Gasteiger partial charge in [-0.2, -0.15) is 0 Å². The van der Waals surface area contributed by atoms with Crippen molar-refractivity contribution >= 4 is 10.2 Å². The molecule has 0 unspecified atom stereocenters. The van der Waals surface area contributed by atoms with Crippen molar-refractivity contribution in [2.45, 2.75) is 0 Å². The third-order valence-corrected chi connectivity index (χ3v) is 1.65. The van der Waals surface area contributed by atoms with E-state index in [1.165, 1.54) is 30.2 Å². The van der Waals surface area contributed by atoms with Crippen molar-refractivity contribution in [3.63, 3.8) is 0 Å². The Kier molecular flexibility index (Phi) is 1.88. The van der Waals surface area contributed by atoms with E-state index in [-0.39, 0.29) is 10.8 Å². The molecule has 0 nitrogen and oxygen atoms in total. The molecule has 14 heavy (non-hydrogen) atoms. The Bertz CT molecular complexity index is 393. The lowest BCUT2D eigenvalue weighted by atomic mass is 10.2. The fraction of sp³-hybridized carbons (Fsp3) is 0. The minimum atomic E-state index is -9.59. The molecule has 0 bridgehead atoms. The van der Waals surface area contributed by atoms with Gasteiger partial charge in [-0.25, -0.2) is 0 Å². The Hall–Kier alpha value is -1.22. The molecule has 0 aliphatic carbocycles. The third kappa shape index (κ3) is 4.72. The lowest BCUT2D eigenvalue weighted by Crippen LogP contribution is -1.99. The van der Waals surface area contributed by atoms with Gasteiger partial charge in [0.2, 0.25) is 0 Å². The van der Waals surface area contributed by atoms with Crippen LogP contribution in [0.1, 0.15) is 5.56 Å². The molecule has 78 valence electrons. The maximum Gasteiger partial charge on any atom is 0.345 e. The average molecular weight is 228 g/mol. The van der Waals surface area contributed by atoms with Crippen LogP contribution in [0, 0.1) is 11.2 Å². The van der Waals surface area contributed by atoms with E-state index in [4.69, 9.17) is 0 Å². The van der Waals surface area contributed by atoms with E-state index in [0.29, 0.717) is 0 Å². The molecule has 1 aromatic carbocycles. The normalized spacial score (nSPS) is 16.1. The van der Waals surface area contributed by atoms with Crippen LogP contribution >= 0.6 is 10.2 Å². The summed E-state index contributed by atoms with van der Waals surface area (Å²) in [4.78, 5) is 0. The summed E-state index contributed by atoms with van der Waals surface area (Å²) < 4.78 is 58.6. The van der Waals surface area contributed by atoms with Crippen LogP contribution in [0.15, 0.2) is 30.3 Å². The van der Waals surface area contributed by atoms with Crippen LogP contribution in [0.4, 0.5) is 19.4 Å². The van der Waals surface area contributed by atoms with Crippen molar-refractivity contribution in [3.05, 3.63) is 35.9 Å². The SMILES string of the molecule is FS(F)(F)(F)(F)C#Cc1ccccc1. The van der Waals surface area contributed by atoms with Crippen molar-refractivity contribution in [2.24, 2.45) is 0 Å². The molecule has 0 aromatic heterocycles. The Morgan fingerprint density at radius 2 is 1.36 bits per heavy atom. The number of hydrogen-bond donors (Lipinski definition) is 0. The smallest absolute Gasteiger partial charge is 0.0873 e. The standard InChI is InChI=1S/C8H5F5S/c9-14(10,11,12,13)7-6-8-4-2-1-3-5-8/h1-5H. The molecule has 0 fully saturated rings. The zero-order valence-electron chi connectivity index (χ0n) is 6.68. The van der Waals surface area contributed by atoms with Gasteiger partial charge in [0.05, 0.1) is 5.25 Å². The third-order valence-electron chi connectivity index (χ3n) is 1.16. The van der Waals surface area contributed by atoms with Gasteiger partial charge in [0.15, 0.2) is 0 Å². The van der Waals surface area contributed by atoms with Gasteiger partial charge < -0.3 is 0 Å². The summed E-state index contributed by atoms with van der Waals surface area (Å²) in [6.45, 7) is 0. The number of halogens is 5. The number of rotatable bonds is 0. The molecule has 0 amide bonds. The highest BCUT2D eigenvalue weighted by atomic mass is 32.5. The first kappa shape index (κ1) is 10.9. The lowest BCUT2D eigenvalue weighted by molar-refractivity contribution is 0.389. The van der Waals surface area contributed by atoms with Gasteiger partial charge in [-0.15, -0.1) is 0 Å². The molecule has 0 radical (unpaired) electrons. The lowest BCUT2D eigenvalue weighted by Gasteiger charge is -2.33. The van der Waals surface area contributed by atoms with Crippen LogP contribution in [0.3, 0.4) is 0 Å². The predicted octanol–water partition coefficient (Wildman–Crippen LogP) is 4.29. The summed E-state index contributed by atoms with van der Waals surface area (Å²) in [5, 5.41) is 0.126. The summed E-state index contributed by atoms with van der Waals surface area (Å²) in [7, 11) is -9.59. The van der Waals surface area contributed by atoms with E-state index in [1.54, 1.807) is 6.07 Å². The van der Waals surface area contributed by atoms with Gasteiger partial charge >= 0.3 is 10.2 Å². The monoisotopic (exact) mass is 228 g/mol. The molecular weight excluding hydrogens is 223 g/mol. The number of hydrogen-bond acceptors (Lipinski definition) is 0. The zero-order chi connectivity index (χ0) is 10.9. The zero-order valence-corrected chi connectivity index (χ0v) is 7.50. The van der Waals surface area contributed by atoms with Gasteiger partial charge in [-0.05, 0) is 18.1 Å². The largest absolute Gasteiger partial charge is 0.345 e. The second-order valence-corrected chi connectivity index (χ2v) is 4.70. The summed E-state index contributed by atoms with van der Waals surface area (Å²) >= 11 is 0. The van der Waals surface area contributed by atoms with Crippen LogP contribution in [-0.4, -0.2) is 0 Å². The first-order valence-corrected chi connectivity index (χ1v) is 5.34. The topological polar surface area (TPSA) is 0 Å². The van der Waals surface area contributed by atoms with Crippen LogP contribution in [0.2, 0.25) is 0 Å². The van der Waals surface area contributed by atoms with Crippen molar-refractivity contribution in [1.29, 1.82) is 0 Å². The van der Waals surface area contributed by atoms with Gasteiger partial charge in [0.25, 0.3) is 0 Å². The van der Waals surface area contributed by atoms with Gasteiger partial charge in [-0.1, -0.05) is 37.6 Å². The summed E-state index contributed by atoms with van der Waals surface area (Å²) in [6, 6.07) is 6.81. The maximum absolute atomic E-state index is 11.7.